The lowest BCUT2D eigenvalue weighted by atomic mass is 9.77. The lowest BCUT2D eigenvalue weighted by molar-refractivity contribution is -0.146. The van der Waals surface area contributed by atoms with E-state index in [4.69, 9.17) is 4.74 Å². The highest BCUT2D eigenvalue weighted by molar-refractivity contribution is 5.83. The van der Waals surface area contributed by atoms with Crippen LogP contribution in [0.1, 0.15) is 41.7 Å². The molecule has 2 heteroatoms. The van der Waals surface area contributed by atoms with Gasteiger partial charge in [-0.05, 0) is 69.4 Å². The van der Waals surface area contributed by atoms with Gasteiger partial charge in [0.15, 0.2) is 0 Å². The second kappa shape index (κ2) is 4.52. The summed E-state index contributed by atoms with van der Waals surface area (Å²) in [6.45, 7) is 12.2. The highest BCUT2D eigenvalue weighted by Gasteiger charge is 2.34. The molecular weight excluding hydrogens is 212 g/mol. The Morgan fingerprint density at radius 3 is 1.82 bits per heavy atom. The number of carbonyl (C=O) groups excluding carboxylic acids is 1. The van der Waals surface area contributed by atoms with E-state index in [1.165, 1.54) is 29.4 Å². The van der Waals surface area contributed by atoms with Crippen LogP contribution in [0.15, 0.2) is 6.07 Å². The molecule has 0 aliphatic heterocycles. The van der Waals surface area contributed by atoms with Crippen molar-refractivity contribution in [2.45, 2.75) is 47.0 Å². The summed E-state index contributed by atoms with van der Waals surface area (Å²) in [4.78, 5) is 11.9. The Kier molecular flexibility index (Phi) is 3.65. The first-order valence-electron chi connectivity index (χ1n) is 5.89. The summed E-state index contributed by atoms with van der Waals surface area (Å²) < 4.78 is 4.92. The molecule has 0 radical (unpaired) electrons. The third kappa shape index (κ3) is 2.21. The zero-order chi connectivity index (χ0) is 13.4. The van der Waals surface area contributed by atoms with Crippen LogP contribution in [0, 0.1) is 27.7 Å². The van der Waals surface area contributed by atoms with Crippen molar-refractivity contribution in [1.29, 1.82) is 0 Å². The Morgan fingerprint density at radius 1 is 1.06 bits per heavy atom. The van der Waals surface area contributed by atoms with Crippen molar-refractivity contribution >= 4 is 5.97 Å². The van der Waals surface area contributed by atoms with Crippen molar-refractivity contribution in [3.63, 3.8) is 0 Å². The largest absolute Gasteiger partial charge is 0.468 e. The van der Waals surface area contributed by atoms with Crippen LogP contribution in [0.3, 0.4) is 0 Å². The topological polar surface area (TPSA) is 26.3 Å². The van der Waals surface area contributed by atoms with Crippen LogP contribution >= 0.6 is 0 Å². The first-order chi connectivity index (χ1) is 7.73. The molecule has 0 fully saturated rings. The number of carbonyl (C=O) groups is 1. The van der Waals surface area contributed by atoms with E-state index in [1.54, 1.807) is 0 Å². The van der Waals surface area contributed by atoms with Crippen molar-refractivity contribution in [3.05, 3.63) is 33.9 Å². The van der Waals surface area contributed by atoms with Gasteiger partial charge in [-0.3, -0.25) is 4.79 Å². The smallest absolute Gasteiger partial charge is 0.315 e. The maximum Gasteiger partial charge on any atom is 0.315 e. The molecule has 0 aromatic heterocycles. The van der Waals surface area contributed by atoms with Crippen LogP contribution in [0.4, 0.5) is 0 Å². The lowest BCUT2D eigenvalue weighted by Crippen LogP contribution is -2.32. The van der Waals surface area contributed by atoms with Gasteiger partial charge in [-0.15, -0.1) is 0 Å². The van der Waals surface area contributed by atoms with E-state index in [2.05, 4.69) is 33.8 Å². The number of methoxy groups -OCH3 is 1. The van der Waals surface area contributed by atoms with Gasteiger partial charge in [-0.2, -0.15) is 0 Å². The number of rotatable bonds is 2. The lowest BCUT2D eigenvalue weighted by Gasteiger charge is -2.28. The molecule has 94 valence electrons. The number of esters is 1. The van der Waals surface area contributed by atoms with Crippen molar-refractivity contribution in [2.24, 2.45) is 0 Å². The predicted octanol–water partition coefficient (Wildman–Crippen LogP) is 3.37. The maximum absolute atomic E-state index is 11.9. The van der Waals surface area contributed by atoms with Gasteiger partial charge in [-0.25, -0.2) is 0 Å². The Bertz CT molecular complexity index is 430. The zero-order valence-electron chi connectivity index (χ0n) is 11.9. The molecule has 1 aromatic carbocycles. The quantitative estimate of drug-likeness (QED) is 0.733. The van der Waals surface area contributed by atoms with Crippen molar-refractivity contribution in [2.75, 3.05) is 7.11 Å². The minimum Gasteiger partial charge on any atom is -0.468 e. The van der Waals surface area contributed by atoms with Gasteiger partial charge in [0.1, 0.15) is 0 Å². The van der Waals surface area contributed by atoms with Gasteiger partial charge in [0, 0.05) is 0 Å². The molecule has 0 spiro atoms. The Hall–Kier alpha value is -1.31. The molecule has 0 aliphatic carbocycles. The average Bonchev–Trinajstić information content (AvgIpc) is 2.25. The molecule has 0 saturated carbocycles. The SMILES string of the molecule is COC(=O)C(C)(C)c1c(C)c(C)cc(C)c1C. The van der Waals surface area contributed by atoms with Crippen molar-refractivity contribution in [1.82, 2.24) is 0 Å². The van der Waals surface area contributed by atoms with Crippen LogP contribution in [0.5, 0.6) is 0 Å². The first kappa shape index (κ1) is 13.8. The van der Waals surface area contributed by atoms with Gasteiger partial charge in [0.2, 0.25) is 0 Å². The molecule has 0 amide bonds. The number of hydrogen-bond acceptors (Lipinski definition) is 2. The number of ether oxygens (including phenoxy) is 1. The summed E-state index contributed by atoms with van der Waals surface area (Å²) in [7, 11) is 1.44. The summed E-state index contributed by atoms with van der Waals surface area (Å²) >= 11 is 0. The standard InChI is InChI=1S/C15H22O2/c1-9-8-10(2)12(4)13(11(9)3)15(5,6)14(16)17-7/h8H,1-7H3. The van der Waals surface area contributed by atoms with E-state index >= 15 is 0 Å². The molecule has 0 bridgehead atoms. The highest BCUT2D eigenvalue weighted by atomic mass is 16.5. The third-order valence-corrected chi connectivity index (χ3v) is 3.69. The molecule has 2 nitrogen and oxygen atoms in total. The summed E-state index contributed by atoms with van der Waals surface area (Å²) in [6, 6.07) is 2.17. The molecular formula is C15H22O2. The molecule has 17 heavy (non-hydrogen) atoms. The highest BCUT2D eigenvalue weighted by Crippen LogP contribution is 2.33. The minimum atomic E-state index is -0.598. The molecule has 0 atom stereocenters. The fraction of sp³-hybridized carbons (Fsp3) is 0.533. The Morgan fingerprint density at radius 2 is 1.47 bits per heavy atom. The van der Waals surface area contributed by atoms with Crippen LogP contribution < -0.4 is 0 Å². The second-order valence-electron chi connectivity index (χ2n) is 5.25. The Balaban J connectivity index is 3.55. The van der Waals surface area contributed by atoms with Gasteiger partial charge < -0.3 is 4.74 Å². The second-order valence-corrected chi connectivity index (χ2v) is 5.25. The van der Waals surface area contributed by atoms with E-state index in [1.807, 2.05) is 13.8 Å². The first-order valence-corrected chi connectivity index (χ1v) is 5.89. The maximum atomic E-state index is 11.9. The predicted molar refractivity (Wildman–Crippen MR) is 70.4 cm³/mol. The van der Waals surface area contributed by atoms with E-state index < -0.39 is 5.41 Å². The number of benzene rings is 1. The van der Waals surface area contributed by atoms with Gasteiger partial charge in [-0.1, -0.05) is 6.07 Å². The average molecular weight is 234 g/mol. The van der Waals surface area contributed by atoms with E-state index in [-0.39, 0.29) is 5.97 Å². The van der Waals surface area contributed by atoms with E-state index in [0.29, 0.717) is 0 Å². The molecule has 0 aliphatic rings. The molecule has 0 N–H and O–H groups in total. The molecule has 1 aromatic rings. The van der Waals surface area contributed by atoms with Crippen molar-refractivity contribution < 1.29 is 9.53 Å². The van der Waals surface area contributed by atoms with Gasteiger partial charge in [0.05, 0.1) is 12.5 Å². The summed E-state index contributed by atoms with van der Waals surface area (Å²) in [5, 5.41) is 0. The molecule has 0 unspecified atom stereocenters. The molecule has 0 saturated heterocycles. The van der Waals surface area contributed by atoms with Crippen LogP contribution in [-0.2, 0) is 14.9 Å². The fourth-order valence-corrected chi connectivity index (χ4v) is 2.51. The zero-order valence-corrected chi connectivity index (χ0v) is 11.9. The van der Waals surface area contributed by atoms with Crippen molar-refractivity contribution in [3.8, 4) is 0 Å². The van der Waals surface area contributed by atoms with Gasteiger partial charge >= 0.3 is 5.97 Å². The summed E-state index contributed by atoms with van der Waals surface area (Å²) in [5.74, 6) is -0.186. The normalized spacial score (nSPS) is 11.5. The van der Waals surface area contributed by atoms with Crippen LogP contribution in [0.2, 0.25) is 0 Å². The van der Waals surface area contributed by atoms with E-state index in [0.717, 1.165) is 5.56 Å². The summed E-state index contributed by atoms with van der Waals surface area (Å²) in [5.41, 5.74) is 5.31. The monoisotopic (exact) mass is 234 g/mol. The van der Waals surface area contributed by atoms with Crippen LogP contribution in [-0.4, -0.2) is 13.1 Å². The molecule has 0 heterocycles. The molecule has 1 rings (SSSR count). The Labute approximate surface area is 104 Å². The number of hydrogen-bond donors (Lipinski definition) is 0. The number of aryl methyl sites for hydroxylation is 2. The fourth-order valence-electron chi connectivity index (χ4n) is 2.51. The minimum absolute atomic E-state index is 0.186. The van der Waals surface area contributed by atoms with Gasteiger partial charge in [0.25, 0.3) is 0 Å². The van der Waals surface area contributed by atoms with E-state index in [9.17, 15) is 4.79 Å². The third-order valence-electron chi connectivity index (χ3n) is 3.69. The summed E-state index contributed by atoms with van der Waals surface area (Å²) in [6.07, 6.45) is 0. The van der Waals surface area contributed by atoms with Crippen LogP contribution in [0.25, 0.3) is 0 Å².